The van der Waals surface area contributed by atoms with Crippen molar-refractivity contribution in [2.75, 3.05) is 19.7 Å². The van der Waals surface area contributed by atoms with Gasteiger partial charge in [0.15, 0.2) is 0 Å². The molecule has 1 aliphatic rings. The molecule has 0 aromatic heterocycles. The predicted molar refractivity (Wildman–Crippen MR) is 81.4 cm³/mol. The molecule has 1 aliphatic heterocycles. The third-order valence-corrected chi connectivity index (χ3v) is 4.27. The van der Waals surface area contributed by atoms with Crippen LogP contribution < -0.4 is 17.3 Å². The summed E-state index contributed by atoms with van der Waals surface area (Å²) in [7, 11) is 0. The molecule has 0 spiro atoms. The number of quaternary nitrogens is 1. The average molecular weight is 328 g/mol. The van der Waals surface area contributed by atoms with Crippen LogP contribution in [0, 0.1) is 0 Å². The van der Waals surface area contributed by atoms with Crippen LogP contribution in [-0.4, -0.2) is 36.8 Å². The van der Waals surface area contributed by atoms with Crippen LogP contribution in [0.15, 0.2) is 24.3 Å². The molecule has 1 heterocycles. The van der Waals surface area contributed by atoms with Gasteiger partial charge in [-0.15, -0.1) is 0 Å². The summed E-state index contributed by atoms with van der Waals surface area (Å²) in [6.45, 7) is 5.16. The molecule has 2 atom stereocenters. The van der Waals surface area contributed by atoms with E-state index < -0.39 is 0 Å². The molecule has 5 heteroatoms. The van der Waals surface area contributed by atoms with Crippen LogP contribution in [0.4, 0.5) is 0 Å². The van der Waals surface area contributed by atoms with Gasteiger partial charge in [-0.2, -0.15) is 0 Å². The highest BCUT2D eigenvalue weighted by Gasteiger charge is 2.21. The Morgan fingerprint density at radius 1 is 1.32 bits per heavy atom. The van der Waals surface area contributed by atoms with Crippen LogP contribution in [0.5, 0.6) is 5.75 Å². The zero-order valence-electron chi connectivity index (χ0n) is 13.2. The number of halogens is 1. The van der Waals surface area contributed by atoms with Crippen LogP contribution in [-0.2, 0) is 16.0 Å². The van der Waals surface area contributed by atoms with Crippen molar-refractivity contribution in [2.45, 2.75) is 45.1 Å². The molecular weight excluding hydrogens is 302 g/mol. The highest BCUT2D eigenvalue weighted by atomic mass is 35.5. The van der Waals surface area contributed by atoms with Gasteiger partial charge in [-0.3, -0.25) is 4.79 Å². The first-order chi connectivity index (χ1) is 10.1. The van der Waals surface area contributed by atoms with Crippen molar-refractivity contribution in [1.29, 1.82) is 0 Å². The average Bonchev–Trinajstić information content (AvgIpc) is 2.48. The van der Waals surface area contributed by atoms with Gasteiger partial charge >= 0.3 is 5.97 Å². The molecule has 0 amide bonds. The minimum Gasteiger partial charge on any atom is -1.00 e. The molecule has 2 unspecified atom stereocenters. The zero-order valence-corrected chi connectivity index (χ0v) is 13.9. The molecule has 4 nitrogen and oxygen atoms in total. The number of likely N-dealkylation sites (tertiary alicyclic amines) is 1. The molecule has 1 aromatic rings. The number of piperidine rings is 1. The molecule has 22 heavy (non-hydrogen) atoms. The molecule has 0 bridgehead atoms. The fraction of sp³-hybridized carbons (Fsp3) is 0.588. The number of benzene rings is 1. The Hall–Kier alpha value is -1.26. The molecule has 1 fully saturated rings. The van der Waals surface area contributed by atoms with Crippen molar-refractivity contribution in [3.63, 3.8) is 0 Å². The number of rotatable bonds is 6. The quantitative estimate of drug-likeness (QED) is 0.485. The zero-order chi connectivity index (χ0) is 15.1. The van der Waals surface area contributed by atoms with Crippen molar-refractivity contribution in [3.8, 4) is 5.75 Å². The van der Waals surface area contributed by atoms with Crippen molar-refractivity contribution in [3.05, 3.63) is 29.8 Å². The normalized spacial score (nSPS) is 21.0. The Kier molecular flexibility index (Phi) is 8.28. The maximum atomic E-state index is 11.7. The van der Waals surface area contributed by atoms with Crippen LogP contribution in [0.2, 0.25) is 0 Å². The lowest BCUT2D eigenvalue weighted by Gasteiger charge is -2.30. The predicted octanol–water partition coefficient (Wildman–Crippen LogP) is -1.67. The van der Waals surface area contributed by atoms with Gasteiger partial charge in [-0.25, -0.2) is 0 Å². The van der Waals surface area contributed by atoms with Gasteiger partial charge in [0.1, 0.15) is 5.75 Å². The number of nitrogens with one attached hydrogen (secondary N) is 1. The highest BCUT2D eigenvalue weighted by Crippen LogP contribution is 2.10. The first kappa shape index (κ1) is 18.8. The standard InChI is InChI=1S/C17H25NO3.ClH/c1-14-5-2-3-10-18(14)11-4-12-21-17(20)13-15-6-8-16(19)9-7-15;/h6-9,14,19H,2-5,10-13H2,1H3;1H. The van der Waals surface area contributed by atoms with E-state index in [0.717, 1.165) is 24.6 Å². The molecule has 0 saturated carbocycles. The highest BCUT2D eigenvalue weighted by molar-refractivity contribution is 5.72. The monoisotopic (exact) mass is 327 g/mol. The fourth-order valence-electron chi connectivity index (χ4n) is 2.94. The maximum Gasteiger partial charge on any atom is 0.310 e. The van der Waals surface area contributed by atoms with Crippen LogP contribution >= 0.6 is 0 Å². The summed E-state index contributed by atoms with van der Waals surface area (Å²) in [4.78, 5) is 13.4. The molecule has 1 saturated heterocycles. The second-order valence-electron chi connectivity index (χ2n) is 5.97. The molecule has 2 N–H and O–H groups in total. The summed E-state index contributed by atoms with van der Waals surface area (Å²) >= 11 is 0. The van der Waals surface area contributed by atoms with E-state index in [9.17, 15) is 9.90 Å². The van der Waals surface area contributed by atoms with Gasteiger partial charge in [-0.05, 0) is 43.9 Å². The Morgan fingerprint density at radius 3 is 2.73 bits per heavy atom. The summed E-state index contributed by atoms with van der Waals surface area (Å²) in [6, 6.07) is 7.41. The third-order valence-electron chi connectivity index (χ3n) is 4.27. The number of phenols is 1. The van der Waals surface area contributed by atoms with Crippen LogP contribution in [0.1, 0.15) is 38.2 Å². The first-order valence-electron chi connectivity index (χ1n) is 7.93. The Labute approximate surface area is 138 Å². The number of carbonyl (C=O) groups is 1. The molecule has 124 valence electrons. The molecular formula is C17H26ClNO3. The first-order valence-corrected chi connectivity index (χ1v) is 7.93. The van der Waals surface area contributed by atoms with Crippen molar-refractivity contribution in [2.24, 2.45) is 0 Å². The van der Waals surface area contributed by atoms with E-state index in [1.54, 1.807) is 29.2 Å². The number of esters is 1. The lowest BCUT2D eigenvalue weighted by Crippen LogP contribution is -3.16. The maximum absolute atomic E-state index is 11.7. The summed E-state index contributed by atoms with van der Waals surface area (Å²) in [5.41, 5.74) is 0.869. The van der Waals surface area contributed by atoms with E-state index >= 15 is 0 Å². The van der Waals surface area contributed by atoms with E-state index in [1.165, 1.54) is 25.8 Å². The SMILES string of the molecule is CC1CCCC[NH+]1CCCOC(=O)Cc1ccc(O)cc1.[Cl-]. The van der Waals surface area contributed by atoms with Crippen LogP contribution in [0.3, 0.4) is 0 Å². The smallest absolute Gasteiger partial charge is 0.310 e. The summed E-state index contributed by atoms with van der Waals surface area (Å²) < 4.78 is 5.29. The van der Waals surface area contributed by atoms with Gasteiger partial charge in [0, 0.05) is 6.42 Å². The van der Waals surface area contributed by atoms with E-state index in [1.807, 2.05) is 0 Å². The summed E-state index contributed by atoms with van der Waals surface area (Å²) in [5, 5.41) is 9.19. The van der Waals surface area contributed by atoms with E-state index in [0.29, 0.717) is 6.61 Å². The van der Waals surface area contributed by atoms with Gasteiger partial charge in [-0.1, -0.05) is 12.1 Å². The van der Waals surface area contributed by atoms with Gasteiger partial charge in [0.25, 0.3) is 0 Å². The number of hydrogen-bond donors (Lipinski definition) is 2. The molecule has 0 radical (unpaired) electrons. The number of carbonyl (C=O) groups excluding carboxylic acids is 1. The van der Waals surface area contributed by atoms with E-state index in [4.69, 9.17) is 4.74 Å². The second kappa shape index (κ2) is 9.70. The van der Waals surface area contributed by atoms with E-state index in [2.05, 4.69) is 6.92 Å². The summed E-state index contributed by atoms with van der Waals surface area (Å²) in [6.07, 6.45) is 5.19. The topological polar surface area (TPSA) is 51.0 Å². The molecule has 0 aliphatic carbocycles. The Morgan fingerprint density at radius 2 is 2.05 bits per heavy atom. The van der Waals surface area contributed by atoms with Gasteiger partial charge in [0.05, 0.1) is 32.2 Å². The minimum absolute atomic E-state index is 0. The fourth-order valence-corrected chi connectivity index (χ4v) is 2.94. The minimum atomic E-state index is -0.192. The number of aromatic hydroxyl groups is 1. The second-order valence-corrected chi connectivity index (χ2v) is 5.97. The number of phenolic OH excluding ortho intramolecular Hbond substituents is 1. The van der Waals surface area contributed by atoms with E-state index in [-0.39, 0.29) is 30.5 Å². The number of ether oxygens (including phenoxy) is 1. The lowest BCUT2D eigenvalue weighted by molar-refractivity contribution is -0.928. The summed E-state index contributed by atoms with van der Waals surface area (Å²) in [5.74, 6) is 0.0214. The van der Waals surface area contributed by atoms with Crippen molar-refractivity contribution < 1.29 is 31.9 Å². The van der Waals surface area contributed by atoms with Gasteiger partial charge in [0.2, 0.25) is 0 Å². The molecule has 2 rings (SSSR count). The van der Waals surface area contributed by atoms with Crippen LogP contribution in [0.25, 0.3) is 0 Å². The van der Waals surface area contributed by atoms with Crippen molar-refractivity contribution in [1.82, 2.24) is 0 Å². The lowest BCUT2D eigenvalue weighted by atomic mass is 10.0. The third kappa shape index (κ3) is 6.24. The number of hydrogen-bond acceptors (Lipinski definition) is 3. The van der Waals surface area contributed by atoms with Crippen molar-refractivity contribution >= 4 is 5.97 Å². The largest absolute Gasteiger partial charge is 1.00 e. The van der Waals surface area contributed by atoms with Gasteiger partial charge < -0.3 is 27.2 Å². The molecule has 1 aromatic carbocycles. The Bertz CT molecular complexity index is 450. The Balaban J connectivity index is 0.00000242.